The van der Waals surface area contributed by atoms with Crippen LogP contribution < -0.4 is 10.6 Å². The molecule has 0 radical (unpaired) electrons. The minimum atomic E-state index is -1.22. The molecule has 0 saturated heterocycles. The fraction of sp³-hybridized carbons (Fsp3) is 0.103. The Kier molecular flexibility index (Phi) is 10.1. The second-order valence-electron chi connectivity index (χ2n) is 8.56. The number of carboxylic acids is 2. The molecule has 0 aliphatic heterocycles. The van der Waals surface area contributed by atoms with Crippen molar-refractivity contribution in [2.75, 3.05) is 22.1 Å². The van der Waals surface area contributed by atoms with Gasteiger partial charge in [0.2, 0.25) is 11.8 Å². The molecule has 2 amide bonds. The first kappa shape index (κ1) is 29.3. The van der Waals surface area contributed by atoms with Crippen LogP contribution in [0, 0.1) is 0 Å². The SMILES string of the molecule is O=C(CSc1ccccn1)Nc1ccc(Cc2ccc(NC(=O)CSc3ccccn3)c(C(=O)O)c2)cc1C(=O)O. The largest absolute Gasteiger partial charge is 0.478 e. The minimum absolute atomic E-state index is 0.0561. The van der Waals surface area contributed by atoms with Gasteiger partial charge in [-0.1, -0.05) is 47.8 Å². The Labute approximate surface area is 243 Å². The van der Waals surface area contributed by atoms with Gasteiger partial charge in [-0.2, -0.15) is 0 Å². The number of amides is 2. The summed E-state index contributed by atoms with van der Waals surface area (Å²) in [6, 6.07) is 19.9. The summed E-state index contributed by atoms with van der Waals surface area (Å²) in [5.74, 6) is -3.07. The molecule has 41 heavy (non-hydrogen) atoms. The number of hydrogen-bond acceptors (Lipinski definition) is 8. The molecule has 0 saturated carbocycles. The van der Waals surface area contributed by atoms with Gasteiger partial charge in [0.05, 0.1) is 44.1 Å². The van der Waals surface area contributed by atoms with Crippen molar-refractivity contribution >= 4 is 58.7 Å². The van der Waals surface area contributed by atoms with E-state index >= 15 is 0 Å². The first-order chi connectivity index (χ1) is 19.8. The van der Waals surface area contributed by atoms with E-state index in [2.05, 4.69) is 20.6 Å². The molecule has 2 heterocycles. The monoisotopic (exact) mass is 588 g/mol. The van der Waals surface area contributed by atoms with Crippen LogP contribution in [-0.2, 0) is 16.0 Å². The van der Waals surface area contributed by atoms with E-state index in [-0.39, 0.29) is 52.2 Å². The number of anilines is 2. The van der Waals surface area contributed by atoms with Gasteiger partial charge in [0.15, 0.2) is 0 Å². The number of carbonyl (C=O) groups is 4. The quantitative estimate of drug-likeness (QED) is 0.167. The van der Waals surface area contributed by atoms with Crippen LogP contribution in [0.15, 0.2) is 95.2 Å². The van der Waals surface area contributed by atoms with Crippen molar-refractivity contribution in [2.45, 2.75) is 16.5 Å². The molecule has 0 aliphatic rings. The third-order valence-electron chi connectivity index (χ3n) is 5.56. The van der Waals surface area contributed by atoms with Crippen LogP contribution in [0.2, 0.25) is 0 Å². The second kappa shape index (κ2) is 14.1. The number of rotatable bonds is 12. The molecule has 12 heteroatoms. The van der Waals surface area contributed by atoms with Gasteiger partial charge in [0.1, 0.15) is 0 Å². The number of thioether (sulfide) groups is 2. The van der Waals surface area contributed by atoms with Gasteiger partial charge in [0.25, 0.3) is 0 Å². The van der Waals surface area contributed by atoms with Crippen molar-refractivity contribution < 1.29 is 29.4 Å². The summed E-state index contributed by atoms with van der Waals surface area (Å²) in [5, 5.41) is 26.1. The molecule has 0 unspecified atom stereocenters. The van der Waals surface area contributed by atoms with Gasteiger partial charge in [-0.15, -0.1) is 0 Å². The van der Waals surface area contributed by atoms with E-state index in [1.165, 1.54) is 47.8 Å². The highest BCUT2D eigenvalue weighted by Crippen LogP contribution is 2.24. The van der Waals surface area contributed by atoms with Crippen LogP contribution in [0.25, 0.3) is 0 Å². The number of aromatic nitrogens is 2. The lowest BCUT2D eigenvalue weighted by Crippen LogP contribution is -2.17. The van der Waals surface area contributed by atoms with Crippen LogP contribution in [0.1, 0.15) is 31.8 Å². The summed E-state index contributed by atoms with van der Waals surface area (Å²) in [6.45, 7) is 0. The van der Waals surface area contributed by atoms with Crippen LogP contribution >= 0.6 is 23.5 Å². The summed E-state index contributed by atoms with van der Waals surface area (Å²) < 4.78 is 0. The molecule has 2 aromatic heterocycles. The minimum Gasteiger partial charge on any atom is -0.478 e. The molecule has 10 nitrogen and oxygen atoms in total. The number of carbonyl (C=O) groups excluding carboxylic acids is 2. The van der Waals surface area contributed by atoms with Gasteiger partial charge in [-0.05, 0) is 66.1 Å². The van der Waals surface area contributed by atoms with Gasteiger partial charge in [-0.25, -0.2) is 19.6 Å². The zero-order valence-corrected chi connectivity index (χ0v) is 23.1. The van der Waals surface area contributed by atoms with Crippen molar-refractivity contribution in [2.24, 2.45) is 0 Å². The summed E-state index contributed by atoms with van der Waals surface area (Å²) >= 11 is 2.46. The maximum Gasteiger partial charge on any atom is 0.337 e. The zero-order chi connectivity index (χ0) is 29.2. The molecular formula is C29H24N4O6S2. The van der Waals surface area contributed by atoms with Crippen molar-refractivity contribution in [1.82, 2.24) is 9.97 Å². The molecule has 208 valence electrons. The van der Waals surface area contributed by atoms with Crippen molar-refractivity contribution in [3.8, 4) is 0 Å². The molecular weight excluding hydrogens is 564 g/mol. The van der Waals surface area contributed by atoms with E-state index in [1.54, 1.807) is 48.8 Å². The summed E-state index contributed by atoms with van der Waals surface area (Å²) in [4.78, 5) is 57.0. The summed E-state index contributed by atoms with van der Waals surface area (Å²) in [7, 11) is 0. The third-order valence-corrected chi connectivity index (χ3v) is 7.45. The van der Waals surface area contributed by atoms with Gasteiger partial charge in [-0.3, -0.25) is 9.59 Å². The molecule has 0 aliphatic carbocycles. The van der Waals surface area contributed by atoms with Crippen LogP contribution in [-0.4, -0.2) is 55.4 Å². The van der Waals surface area contributed by atoms with Crippen molar-refractivity contribution in [1.29, 1.82) is 0 Å². The highest BCUT2D eigenvalue weighted by molar-refractivity contribution is 8.00. The molecule has 4 N–H and O–H groups in total. The number of nitrogens with one attached hydrogen (secondary N) is 2. The topological polar surface area (TPSA) is 159 Å². The average molecular weight is 589 g/mol. The number of hydrogen-bond donors (Lipinski definition) is 4. The summed E-state index contributed by atoms with van der Waals surface area (Å²) in [6.07, 6.45) is 3.47. The standard InChI is InChI=1S/C29H24N4O6S2/c34-24(16-40-26-5-1-3-11-30-26)32-22-9-7-18(14-20(22)28(36)37)13-19-8-10-23(21(15-19)29(38)39)33-25(35)17-41-27-6-2-4-12-31-27/h1-12,14-15H,13,16-17H2,(H,32,34)(H,33,35)(H,36,37)(H,38,39). The smallest absolute Gasteiger partial charge is 0.337 e. The number of pyridine rings is 2. The molecule has 0 fully saturated rings. The Bertz CT molecular complexity index is 1450. The van der Waals surface area contributed by atoms with Crippen LogP contribution in [0.5, 0.6) is 0 Å². The number of nitrogens with zero attached hydrogens (tertiary/aromatic N) is 2. The summed E-state index contributed by atoms with van der Waals surface area (Å²) in [5.41, 5.74) is 1.32. The zero-order valence-electron chi connectivity index (χ0n) is 21.4. The molecule has 2 aromatic carbocycles. The van der Waals surface area contributed by atoms with Crippen molar-refractivity contribution in [3.05, 3.63) is 107 Å². The average Bonchev–Trinajstić information content (AvgIpc) is 2.97. The Morgan fingerprint density at radius 1 is 0.634 bits per heavy atom. The maximum atomic E-state index is 12.4. The van der Waals surface area contributed by atoms with Gasteiger partial charge < -0.3 is 20.8 Å². The van der Waals surface area contributed by atoms with E-state index in [4.69, 9.17) is 0 Å². The number of benzene rings is 2. The number of aromatic carboxylic acids is 2. The molecule has 4 rings (SSSR count). The van der Waals surface area contributed by atoms with E-state index in [0.29, 0.717) is 21.2 Å². The highest BCUT2D eigenvalue weighted by atomic mass is 32.2. The lowest BCUT2D eigenvalue weighted by molar-refractivity contribution is -0.114. The first-order valence-electron chi connectivity index (χ1n) is 12.2. The Morgan fingerprint density at radius 3 is 1.44 bits per heavy atom. The second-order valence-corrected chi connectivity index (χ2v) is 10.5. The molecule has 0 spiro atoms. The third kappa shape index (κ3) is 8.65. The predicted molar refractivity (Wildman–Crippen MR) is 157 cm³/mol. The van der Waals surface area contributed by atoms with Crippen LogP contribution in [0.3, 0.4) is 0 Å². The van der Waals surface area contributed by atoms with Crippen molar-refractivity contribution in [3.63, 3.8) is 0 Å². The van der Waals surface area contributed by atoms with E-state index in [9.17, 15) is 29.4 Å². The molecule has 0 atom stereocenters. The fourth-order valence-corrected chi connectivity index (χ4v) is 5.05. The Morgan fingerprint density at radius 2 is 1.07 bits per heavy atom. The van der Waals surface area contributed by atoms with Gasteiger partial charge >= 0.3 is 11.9 Å². The lowest BCUT2D eigenvalue weighted by Gasteiger charge is -2.12. The number of carboxylic acid groups (broad SMARTS) is 2. The van der Waals surface area contributed by atoms with E-state index in [0.717, 1.165) is 0 Å². The Hall–Kier alpha value is -4.68. The van der Waals surface area contributed by atoms with E-state index < -0.39 is 11.9 Å². The highest BCUT2D eigenvalue weighted by Gasteiger charge is 2.17. The van der Waals surface area contributed by atoms with Gasteiger partial charge in [0, 0.05) is 12.4 Å². The first-order valence-corrected chi connectivity index (χ1v) is 14.2. The normalized spacial score (nSPS) is 10.5. The molecule has 0 bridgehead atoms. The Balaban J connectivity index is 1.42. The van der Waals surface area contributed by atoms with Crippen LogP contribution in [0.4, 0.5) is 11.4 Å². The lowest BCUT2D eigenvalue weighted by atomic mass is 9.99. The fourth-order valence-electron chi connectivity index (χ4n) is 3.73. The van der Waals surface area contributed by atoms with E-state index in [1.807, 2.05) is 12.1 Å². The molecule has 4 aromatic rings. The predicted octanol–water partition coefficient (Wildman–Crippen LogP) is 4.93. The maximum absolute atomic E-state index is 12.4.